The predicted molar refractivity (Wildman–Crippen MR) is 126 cm³/mol. The molecule has 32 heavy (non-hydrogen) atoms. The van der Waals surface area contributed by atoms with Gasteiger partial charge in [-0.3, -0.25) is 4.98 Å². The number of rotatable bonds is 4. The standard InChI is InChI=1S/C24H16BrF2N3OS/c25-14-8-9-15(17(27)13-14)20-10-11-21(31-20)23-22(18-6-3-4-12-28-18)29-24(32)30(23)19-7-2-1-5-16(19)26/h1-13,22-23H,(H,29,32). The molecule has 1 saturated heterocycles. The maximum atomic E-state index is 14.8. The molecule has 2 aromatic carbocycles. The van der Waals surface area contributed by atoms with E-state index in [-0.39, 0.29) is 0 Å². The van der Waals surface area contributed by atoms with Gasteiger partial charge in [0.1, 0.15) is 29.2 Å². The lowest BCUT2D eigenvalue weighted by molar-refractivity contribution is 0.436. The van der Waals surface area contributed by atoms with Gasteiger partial charge in [-0.25, -0.2) is 8.78 Å². The number of thiocarbonyl (C=S) groups is 1. The largest absolute Gasteiger partial charge is 0.459 e. The van der Waals surface area contributed by atoms with Gasteiger partial charge in [-0.15, -0.1) is 0 Å². The van der Waals surface area contributed by atoms with Gasteiger partial charge in [0, 0.05) is 10.7 Å². The Balaban J connectivity index is 1.62. The highest BCUT2D eigenvalue weighted by atomic mass is 79.9. The quantitative estimate of drug-likeness (QED) is 0.314. The van der Waals surface area contributed by atoms with Crippen LogP contribution in [0.2, 0.25) is 0 Å². The Labute approximate surface area is 197 Å². The van der Waals surface area contributed by atoms with Crippen LogP contribution in [0.15, 0.2) is 87.9 Å². The molecule has 0 saturated carbocycles. The van der Waals surface area contributed by atoms with Gasteiger partial charge in [0.15, 0.2) is 5.11 Å². The van der Waals surface area contributed by atoms with E-state index in [1.54, 1.807) is 53.6 Å². The van der Waals surface area contributed by atoms with Crippen LogP contribution in [0.25, 0.3) is 11.3 Å². The summed E-state index contributed by atoms with van der Waals surface area (Å²) in [4.78, 5) is 6.15. The molecule has 3 heterocycles. The molecule has 4 aromatic rings. The molecule has 160 valence electrons. The van der Waals surface area contributed by atoms with Crippen molar-refractivity contribution in [3.8, 4) is 11.3 Å². The van der Waals surface area contributed by atoms with Crippen LogP contribution in [-0.2, 0) is 0 Å². The lowest BCUT2D eigenvalue weighted by atomic mass is 10.0. The monoisotopic (exact) mass is 511 g/mol. The zero-order chi connectivity index (χ0) is 22.2. The third-order valence-electron chi connectivity index (χ3n) is 5.32. The number of halogens is 3. The van der Waals surface area contributed by atoms with E-state index in [9.17, 15) is 8.78 Å². The number of aromatic nitrogens is 1. The van der Waals surface area contributed by atoms with Crippen molar-refractivity contribution >= 4 is 38.9 Å². The average Bonchev–Trinajstić information content (AvgIpc) is 3.39. The first kappa shape index (κ1) is 20.8. The summed E-state index contributed by atoms with van der Waals surface area (Å²) in [7, 11) is 0. The summed E-state index contributed by atoms with van der Waals surface area (Å²) >= 11 is 8.85. The van der Waals surface area contributed by atoms with Crippen molar-refractivity contribution in [3.05, 3.63) is 107 Å². The van der Waals surface area contributed by atoms with Crippen LogP contribution in [0.1, 0.15) is 23.5 Å². The van der Waals surface area contributed by atoms with E-state index in [2.05, 4.69) is 26.2 Å². The Bertz CT molecular complexity index is 1300. The molecule has 2 aromatic heterocycles. The molecule has 4 nitrogen and oxygen atoms in total. The zero-order valence-electron chi connectivity index (χ0n) is 16.5. The predicted octanol–water partition coefficient (Wildman–Crippen LogP) is 6.56. The van der Waals surface area contributed by atoms with Crippen LogP contribution < -0.4 is 10.2 Å². The highest BCUT2D eigenvalue weighted by Crippen LogP contribution is 2.43. The Morgan fingerprint density at radius 1 is 0.969 bits per heavy atom. The summed E-state index contributed by atoms with van der Waals surface area (Å²) in [6.45, 7) is 0. The minimum Gasteiger partial charge on any atom is -0.459 e. The number of pyridine rings is 1. The van der Waals surface area contributed by atoms with Crippen LogP contribution in [0, 0.1) is 11.6 Å². The second-order valence-corrected chi connectivity index (χ2v) is 8.58. The highest BCUT2D eigenvalue weighted by Gasteiger charge is 2.43. The van der Waals surface area contributed by atoms with Crippen molar-refractivity contribution in [2.75, 3.05) is 4.90 Å². The number of nitrogens with one attached hydrogen (secondary N) is 1. The van der Waals surface area contributed by atoms with Crippen molar-refractivity contribution in [1.29, 1.82) is 0 Å². The van der Waals surface area contributed by atoms with E-state index in [0.717, 1.165) is 5.69 Å². The van der Waals surface area contributed by atoms with Crippen LogP contribution >= 0.6 is 28.1 Å². The lowest BCUT2D eigenvalue weighted by Crippen LogP contribution is -2.30. The van der Waals surface area contributed by atoms with E-state index in [1.165, 1.54) is 12.1 Å². The average molecular weight is 512 g/mol. The number of anilines is 1. The van der Waals surface area contributed by atoms with E-state index in [4.69, 9.17) is 16.6 Å². The van der Waals surface area contributed by atoms with Crippen LogP contribution in [0.5, 0.6) is 0 Å². The SMILES string of the molecule is Fc1cc(Br)ccc1-c1ccc(C2C(c3ccccn3)NC(=S)N2c2ccccc2F)o1. The van der Waals surface area contributed by atoms with Gasteiger partial charge in [-0.2, -0.15) is 0 Å². The normalized spacial score (nSPS) is 18.1. The van der Waals surface area contributed by atoms with Crippen molar-refractivity contribution in [1.82, 2.24) is 10.3 Å². The van der Waals surface area contributed by atoms with E-state index >= 15 is 0 Å². The van der Waals surface area contributed by atoms with Gasteiger partial charge in [0.05, 0.1) is 23.0 Å². The van der Waals surface area contributed by atoms with Gasteiger partial charge in [0.2, 0.25) is 0 Å². The topological polar surface area (TPSA) is 41.3 Å². The fourth-order valence-corrected chi connectivity index (χ4v) is 4.57. The van der Waals surface area contributed by atoms with E-state index in [1.807, 2.05) is 18.2 Å². The highest BCUT2D eigenvalue weighted by molar-refractivity contribution is 9.10. The summed E-state index contributed by atoms with van der Waals surface area (Å²) < 4.78 is 36.0. The number of furan rings is 1. The molecule has 2 unspecified atom stereocenters. The molecule has 0 spiro atoms. The number of hydrogen-bond donors (Lipinski definition) is 1. The van der Waals surface area contributed by atoms with Gasteiger partial charge in [-0.05, 0) is 66.8 Å². The lowest BCUT2D eigenvalue weighted by Gasteiger charge is -2.26. The Morgan fingerprint density at radius 3 is 2.53 bits per heavy atom. The molecule has 1 aliphatic heterocycles. The number of hydrogen-bond acceptors (Lipinski definition) is 3. The second-order valence-electron chi connectivity index (χ2n) is 7.27. The molecule has 1 N–H and O–H groups in total. The Morgan fingerprint density at radius 2 is 1.78 bits per heavy atom. The minimum absolute atomic E-state index is 0.321. The molecule has 0 aliphatic carbocycles. The molecule has 0 bridgehead atoms. The summed E-state index contributed by atoms with van der Waals surface area (Å²) in [6, 6.07) is 19.3. The summed E-state index contributed by atoms with van der Waals surface area (Å²) in [5, 5.41) is 3.60. The number of nitrogens with zero attached hydrogens (tertiary/aromatic N) is 2. The molecule has 1 aliphatic rings. The molecule has 0 amide bonds. The van der Waals surface area contributed by atoms with Crippen LogP contribution in [0.3, 0.4) is 0 Å². The number of para-hydroxylation sites is 1. The van der Waals surface area contributed by atoms with Gasteiger partial charge < -0.3 is 14.6 Å². The summed E-state index contributed by atoms with van der Waals surface area (Å²) in [6.07, 6.45) is 1.69. The second kappa shape index (κ2) is 8.44. The molecule has 2 atom stereocenters. The van der Waals surface area contributed by atoms with Crippen molar-refractivity contribution in [2.45, 2.75) is 12.1 Å². The number of benzene rings is 2. The van der Waals surface area contributed by atoms with E-state index < -0.39 is 23.7 Å². The van der Waals surface area contributed by atoms with E-state index in [0.29, 0.717) is 32.4 Å². The molecule has 5 rings (SSSR count). The maximum absolute atomic E-state index is 14.8. The summed E-state index contributed by atoms with van der Waals surface area (Å²) in [5.74, 6) is 0.0614. The smallest absolute Gasteiger partial charge is 0.174 e. The van der Waals surface area contributed by atoms with Crippen LogP contribution in [0.4, 0.5) is 14.5 Å². The first-order chi connectivity index (χ1) is 15.5. The van der Waals surface area contributed by atoms with Crippen molar-refractivity contribution in [2.24, 2.45) is 0 Å². The first-order valence-electron chi connectivity index (χ1n) is 9.83. The molecular formula is C24H16BrF2N3OS. The molecule has 1 fully saturated rings. The first-order valence-corrected chi connectivity index (χ1v) is 11.0. The van der Waals surface area contributed by atoms with Crippen molar-refractivity contribution in [3.63, 3.8) is 0 Å². The third kappa shape index (κ3) is 3.69. The van der Waals surface area contributed by atoms with Crippen molar-refractivity contribution < 1.29 is 13.2 Å². The van der Waals surface area contributed by atoms with Gasteiger partial charge in [0.25, 0.3) is 0 Å². The Kier molecular flexibility index (Phi) is 5.48. The van der Waals surface area contributed by atoms with Gasteiger partial charge in [-0.1, -0.05) is 34.1 Å². The summed E-state index contributed by atoms with van der Waals surface area (Å²) in [5.41, 5.74) is 1.38. The Hall–Kier alpha value is -3.10. The maximum Gasteiger partial charge on any atom is 0.174 e. The minimum atomic E-state index is -0.526. The fourth-order valence-electron chi connectivity index (χ4n) is 3.90. The zero-order valence-corrected chi connectivity index (χ0v) is 18.9. The molecular weight excluding hydrogens is 496 g/mol. The molecule has 0 radical (unpaired) electrons. The van der Waals surface area contributed by atoms with Gasteiger partial charge >= 0.3 is 0 Å². The third-order valence-corrected chi connectivity index (χ3v) is 6.13. The molecule has 8 heteroatoms. The fraction of sp³-hybridized carbons (Fsp3) is 0.0833. The van der Waals surface area contributed by atoms with Crippen LogP contribution in [-0.4, -0.2) is 10.1 Å².